The van der Waals surface area contributed by atoms with Gasteiger partial charge in [0.05, 0.1) is 17.7 Å². The summed E-state index contributed by atoms with van der Waals surface area (Å²) >= 11 is 0. The van der Waals surface area contributed by atoms with Crippen LogP contribution >= 0.6 is 0 Å². The van der Waals surface area contributed by atoms with Crippen LogP contribution in [0.4, 0.5) is 0 Å². The molecule has 0 fully saturated rings. The SMILES string of the molecule is CCCCOC(=O)c1ccccc1C(=O)OCc1cccc(C)c1. The van der Waals surface area contributed by atoms with E-state index in [0.29, 0.717) is 6.61 Å². The molecule has 4 heteroatoms. The number of unbranched alkanes of at least 4 members (excludes halogenated alkanes) is 1. The summed E-state index contributed by atoms with van der Waals surface area (Å²) < 4.78 is 10.5. The van der Waals surface area contributed by atoms with Crippen LogP contribution in [0.15, 0.2) is 48.5 Å². The molecule has 0 heterocycles. The highest BCUT2D eigenvalue weighted by Crippen LogP contribution is 2.14. The highest BCUT2D eigenvalue weighted by molar-refractivity contribution is 6.03. The molecule has 24 heavy (non-hydrogen) atoms. The molecule has 2 aromatic carbocycles. The van der Waals surface area contributed by atoms with Crippen LogP contribution in [-0.4, -0.2) is 18.5 Å². The van der Waals surface area contributed by atoms with Gasteiger partial charge in [0, 0.05) is 0 Å². The van der Waals surface area contributed by atoms with Crippen molar-refractivity contribution in [3.8, 4) is 0 Å². The maximum atomic E-state index is 12.3. The van der Waals surface area contributed by atoms with E-state index in [2.05, 4.69) is 0 Å². The van der Waals surface area contributed by atoms with Crippen LogP contribution in [0.3, 0.4) is 0 Å². The molecular weight excluding hydrogens is 304 g/mol. The van der Waals surface area contributed by atoms with E-state index >= 15 is 0 Å². The molecule has 126 valence electrons. The monoisotopic (exact) mass is 326 g/mol. The highest BCUT2D eigenvalue weighted by atomic mass is 16.5. The molecule has 0 N–H and O–H groups in total. The first-order valence-corrected chi connectivity index (χ1v) is 8.10. The van der Waals surface area contributed by atoms with Crippen LogP contribution in [0.5, 0.6) is 0 Å². The molecule has 0 amide bonds. The fourth-order valence-electron chi connectivity index (χ4n) is 2.25. The maximum absolute atomic E-state index is 12.3. The molecule has 0 aromatic heterocycles. The van der Waals surface area contributed by atoms with Gasteiger partial charge in [-0.3, -0.25) is 0 Å². The third-order valence-corrected chi connectivity index (χ3v) is 3.55. The summed E-state index contributed by atoms with van der Waals surface area (Å²) in [6.45, 7) is 4.51. The number of hydrogen-bond acceptors (Lipinski definition) is 4. The number of hydrogen-bond donors (Lipinski definition) is 0. The van der Waals surface area contributed by atoms with E-state index in [9.17, 15) is 9.59 Å². The normalized spacial score (nSPS) is 10.2. The Bertz CT molecular complexity index is 706. The van der Waals surface area contributed by atoms with Gasteiger partial charge in [-0.1, -0.05) is 55.3 Å². The number of aryl methyl sites for hydroxylation is 1. The first-order valence-electron chi connectivity index (χ1n) is 8.10. The summed E-state index contributed by atoms with van der Waals surface area (Å²) in [6.07, 6.45) is 1.74. The number of benzene rings is 2. The summed E-state index contributed by atoms with van der Waals surface area (Å²) in [6, 6.07) is 14.3. The van der Waals surface area contributed by atoms with Gasteiger partial charge in [-0.2, -0.15) is 0 Å². The lowest BCUT2D eigenvalue weighted by molar-refractivity contribution is 0.0437. The van der Waals surface area contributed by atoms with Gasteiger partial charge in [-0.15, -0.1) is 0 Å². The molecule has 0 aliphatic carbocycles. The topological polar surface area (TPSA) is 52.6 Å². The number of esters is 2. The Balaban J connectivity index is 2.05. The smallest absolute Gasteiger partial charge is 0.339 e. The average Bonchev–Trinajstić information content (AvgIpc) is 2.60. The molecule has 0 bridgehead atoms. The van der Waals surface area contributed by atoms with Crippen molar-refractivity contribution in [2.45, 2.75) is 33.3 Å². The highest BCUT2D eigenvalue weighted by Gasteiger charge is 2.18. The summed E-state index contributed by atoms with van der Waals surface area (Å²) in [5.41, 5.74) is 2.48. The van der Waals surface area contributed by atoms with Gasteiger partial charge in [-0.25, -0.2) is 9.59 Å². The fraction of sp³-hybridized carbons (Fsp3) is 0.300. The Morgan fingerprint density at radius 3 is 2.21 bits per heavy atom. The molecule has 0 aliphatic rings. The standard InChI is InChI=1S/C20H22O4/c1-3-4-12-23-19(21)17-10-5-6-11-18(17)20(22)24-14-16-9-7-8-15(2)13-16/h5-11,13H,3-4,12,14H2,1-2H3. The zero-order chi connectivity index (χ0) is 17.4. The van der Waals surface area contributed by atoms with E-state index in [0.717, 1.165) is 24.0 Å². The Labute approximate surface area is 142 Å². The second-order valence-corrected chi connectivity index (χ2v) is 5.60. The van der Waals surface area contributed by atoms with Crippen molar-refractivity contribution in [3.05, 3.63) is 70.8 Å². The average molecular weight is 326 g/mol. The quantitative estimate of drug-likeness (QED) is 0.562. The molecule has 2 aromatic rings. The second kappa shape index (κ2) is 8.87. The van der Waals surface area contributed by atoms with E-state index in [1.807, 2.05) is 38.1 Å². The van der Waals surface area contributed by atoms with Crippen LogP contribution in [0.1, 0.15) is 51.6 Å². The Morgan fingerprint density at radius 2 is 1.58 bits per heavy atom. The van der Waals surface area contributed by atoms with Crippen molar-refractivity contribution in [2.75, 3.05) is 6.61 Å². The van der Waals surface area contributed by atoms with Crippen LogP contribution in [-0.2, 0) is 16.1 Å². The number of ether oxygens (including phenoxy) is 2. The van der Waals surface area contributed by atoms with Gasteiger partial charge >= 0.3 is 11.9 Å². The maximum Gasteiger partial charge on any atom is 0.339 e. The Kier molecular flexibility index (Phi) is 6.55. The zero-order valence-corrected chi connectivity index (χ0v) is 14.1. The first-order chi connectivity index (χ1) is 11.6. The predicted octanol–water partition coefficient (Wildman–Crippen LogP) is 4.31. The van der Waals surface area contributed by atoms with Crippen LogP contribution < -0.4 is 0 Å². The summed E-state index contributed by atoms with van der Waals surface area (Å²) in [5.74, 6) is -1.02. The minimum absolute atomic E-state index is 0.166. The number of rotatable bonds is 7. The molecular formula is C20H22O4. The lowest BCUT2D eigenvalue weighted by Gasteiger charge is -2.10. The Hall–Kier alpha value is -2.62. The molecule has 0 radical (unpaired) electrons. The minimum atomic E-state index is -0.528. The summed E-state index contributed by atoms with van der Waals surface area (Å²) in [5, 5.41) is 0. The van der Waals surface area contributed by atoms with Crippen molar-refractivity contribution in [1.82, 2.24) is 0 Å². The van der Waals surface area contributed by atoms with E-state index in [-0.39, 0.29) is 17.7 Å². The largest absolute Gasteiger partial charge is 0.462 e. The molecule has 0 atom stereocenters. The fourth-order valence-corrected chi connectivity index (χ4v) is 2.25. The van der Waals surface area contributed by atoms with E-state index in [1.54, 1.807) is 24.3 Å². The summed E-state index contributed by atoms with van der Waals surface area (Å²) in [4.78, 5) is 24.5. The third kappa shape index (κ3) is 4.95. The van der Waals surface area contributed by atoms with E-state index < -0.39 is 11.9 Å². The minimum Gasteiger partial charge on any atom is -0.462 e. The van der Waals surface area contributed by atoms with Gasteiger partial charge in [0.25, 0.3) is 0 Å². The predicted molar refractivity (Wildman–Crippen MR) is 91.9 cm³/mol. The van der Waals surface area contributed by atoms with Gasteiger partial charge < -0.3 is 9.47 Å². The number of carbonyl (C=O) groups excluding carboxylic acids is 2. The van der Waals surface area contributed by atoms with Crippen LogP contribution in [0, 0.1) is 6.92 Å². The van der Waals surface area contributed by atoms with Crippen molar-refractivity contribution in [1.29, 1.82) is 0 Å². The van der Waals surface area contributed by atoms with Crippen LogP contribution in [0.25, 0.3) is 0 Å². The Morgan fingerprint density at radius 1 is 0.917 bits per heavy atom. The van der Waals surface area contributed by atoms with Crippen molar-refractivity contribution >= 4 is 11.9 Å². The molecule has 0 saturated heterocycles. The van der Waals surface area contributed by atoms with Gasteiger partial charge in [0.15, 0.2) is 0 Å². The molecule has 0 aliphatic heterocycles. The van der Waals surface area contributed by atoms with E-state index in [4.69, 9.17) is 9.47 Å². The first kappa shape index (κ1) is 17.7. The third-order valence-electron chi connectivity index (χ3n) is 3.55. The van der Waals surface area contributed by atoms with Gasteiger partial charge in [0.2, 0.25) is 0 Å². The van der Waals surface area contributed by atoms with Crippen molar-refractivity contribution in [3.63, 3.8) is 0 Å². The molecule has 4 nitrogen and oxygen atoms in total. The molecule has 0 saturated carbocycles. The second-order valence-electron chi connectivity index (χ2n) is 5.60. The lowest BCUT2D eigenvalue weighted by atomic mass is 10.1. The van der Waals surface area contributed by atoms with Gasteiger partial charge in [-0.05, 0) is 31.0 Å². The molecule has 0 unspecified atom stereocenters. The van der Waals surface area contributed by atoms with Crippen molar-refractivity contribution in [2.24, 2.45) is 0 Å². The molecule has 0 spiro atoms. The zero-order valence-electron chi connectivity index (χ0n) is 14.1. The van der Waals surface area contributed by atoms with E-state index in [1.165, 1.54) is 0 Å². The van der Waals surface area contributed by atoms with Crippen LogP contribution in [0.2, 0.25) is 0 Å². The number of carbonyl (C=O) groups is 2. The summed E-state index contributed by atoms with van der Waals surface area (Å²) in [7, 11) is 0. The molecule has 2 rings (SSSR count). The van der Waals surface area contributed by atoms with Gasteiger partial charge in [0.1, 0.15) is 6.61 Å². The van der Waals surface area contributed by atoms with Crippen molar-refractivity contribution < 1.29 is 19.1 Å². The lowest BCUT2D eigenvalue weighted by Crippen LogP contribution is -2.14.